The molecular formula is C20H36N6S. The molecule has 1 aromatic rings. The van der Waals surface area contributed by atoms with Crippen LogP contribution in [0.3, 0.4) is 0 Å². The molecule has 0 radical (unpaired) electrons. The van der Waals surface area contributed by atoms with Crippen molar-refractivity contribution < 1.29 is 0 Å². The van der Waals surface area contributed by atoms with Crippen LogP contribution in [0.25, 0.3) is 0 Å². The fourth-order valence-electron chi connectivity index (χ4n) is 4.14. The Labute approximate surface area is 168 Å². The van der Waals surface area contributed by atoms with Gasteiger partial charge in [0, 0.05) is 52.2 Å². The van der Waals surface area contributed by atoms with Crippen molar-refractivity contribution in [3.05, 3.63) is 11.1 Å². The first-order valence-corrected chi connectivity index (χ1v) is 11.3. The summed E-state index contributed by atoms with van der Waals surface area (Å²) >= 11 is 1.68. The maximum Gasteiger partial charge on any atom is 0.191 e. The molecule has 1 saturated heterocycles. The Morgan fingerprint density at radius 3 is 2.59 bits per heavy atom. The first-order chi connectivity index (χ1) is 13.1. The standard InChI is InChI=1S/C20H36N6S/c1-21-19(22-13-18-15-27-20(24-18)25(2)3)23-17-9-11-26(12-10-17)14-16-7-5-4-6-8-16/h15-17H,4-14H2,1-3H3,(H2,21,22,23). The second kappa shape index (κ2) is 10.3. The van der Waals surface area contributed by atoms with E-state index < -0.39 is 0 Å². The van der Waals surface area contributed by atoms with Crippen LogP contribution in [0.1, 0.15) is 50.6 Å². The van der Waals surface area contributed by atoms with E-state index in [1.54, 1.807) is 11.3 Å². The zero-order valence-electron chi connectivity index (χ0n) is 17.2. The molecular weight excluding hydrogens is 356 g/mol. The second-order valence-corrected chi connectivity index (χ2v) is 9.00. The summed E-state index contributed by atoms with van der Waals surface area (Å²) in [7, 11) is 5.90. The van der Waals surface area contributed by atoms with Crippen LogP contribution in [0, 0.1) is 5.92 Å². The number of aliphatic imine (C=N–C) groups is 1. The van der Waals surface area contributed by atoms with Crippen molar-refractivity contribution in [2.24, 2.45) is 10.9 Å². The van der Waals surface area contributed by atoms with E-state index in [0.29, 0.717) is 12.6 Å². The van der Waals surface area contributed by atoms with E-state index in [4.69, 9.17) is 0 Å². The van der Waals surface area contributed by atoms with Gasteiger partial charge >= 0.3 is 0 Å². The number of thiazole rings is 1. The number of nitrogens with one attached hydrogen (secondary N) is 2. The molecule has 0 atom stereocenters. The van der Waals surface area contributed by atoms with Gasteiger partial charge in [-0.25, -0.2) is 4.98 Å². The zero-order chi connectivity index (χ0) is 19.1. The summed E-state index contributed by atoms with van der Waals surface area (Å²) in [6.07, 6.45) is 9.64. The van der Waals surface area contributed by atoms with Crippen molar-refractivity contribution >= 4 is 22.4 Å². The first kappa shape index (κ1) is 20.4. The molecule has 1 aromatic heterocycles. The van der Waals surface area contributed by atoms with E-state index in [1.165, 1.54) is 64.6 Å². The predicted molar refractivity (Wildman–Crippen MR) is 116 cm³/mol. The van der Waals surface area contributed by atoms with Gasteiger partial charge in [0.05, 0.1) is 12.2 Å². The lowest BCUT2D eigenvalue weighted by Crippen LogP contribution is -2.49. The molecule has 152 valence electrons. The topological polar surface area (TPSA) is 55.8 Å². The van der Waals surface area contributed by atoms with Crippen molar-refractivity contribution in [1.29, 1.82) is 0 Å². The minimum atomic E-state index is 0.520. The third kappa shape index (κ3) is 6.35. The van der Waals surface area contributed by atoms with E-state index in [1.807, 2.05) is 26.0 Å². The largest absolute Gasteiger partial charge is 0.354 e. The molecule has 6 nitrogen and oxygen atoms in total. The van der Waals surface area contributed by atoms with E-state index in [2.05, 4.69) is 30.9 Å². The molecule has 27 heavy (non-hydrogen) atoms. The molecule has 2 aliphatic rings. The van der Waals surface area contributed by atoms with Crippen LogP contribution in [0.5, 0.6) is 0 Å². The molecule has 0 spiro atoms. The average Bonchev–Trinajstić information content (AvgIpc) is 3.17. The Morgan fingerprint density at radius 1 is 1.22 bits per heavy atom. The van der Waals surface area contributed by atoms with Crippen LogP contribution in [0.15, 0.2) is 10.4 Å². The number of rotatable bonds is 6. The van der Waals surface area contributed by atoms with Gasteiger partial charge in [-0.3, -0.25) is 4.99 Å². The van der Waals surface area contributed by atoms with Crippen LogP contribution in [0.2, 0.25) is 0 Å². The molecule has 2 heterocycles. The highest BCUT2D eigenvalue weighted by molar-refractivity contribution is 7.13. The zero-order valence-corrected chi connectivity index (χ0v) is 18.0. The first-order valence-electron chi connectivity index (χ1n) is 10.5. The normalized spacial score (nSPS) is 20.6. The molecule has 1 aliphatic heterocycles. The molecule has 1 saturated carbocycles. The van der Waals surface area contributed by atoms with Crippen molar-refractivity contribution in [2.45, 2.75) is 57.5 Å². The lowest BCUT2D eigenvalue weighted by Gasteiger charge is -2.36. The Balaban J connectivity index is 1.37. The lowest BCUT2D eigenvalue weighted by molar-refractivity contribution is 0.160. The van der Waals surface area contributed by atoms with Gasteiger partial charge in [0.15, 0.2) is 11.1 Å². The monoisotopic (exact) mass is 392 g/mol. The summed E-state index contributed by atoms with van der Waals surface area (Å²) in [5.41, 5.74) is 1.06. The fourth-order valence-corrected chi connectivity index (χ4v) is 4.90. The Kier molecular flexibility index (Phi) is 7.76. The van der Waals surface area contributed by atoms with Gasteiger partial charge in [0.25, 0.3) is 0 Å². The third-order valence-electron chi connectivity index (χ3n) is 5.75. The smallest absolute Gasteiger partial charge is 0.191 e. The average molecular weight is 393 g/mol. The van der Waals surface area contributed by atoms with E-state index >= 15 is 0 Å². The Hall–Kier alpha value is -1.34. The molecule has 2 fully saturated rings. The Morgan fingerprint density at radius 2 is 1.96 bits per heavy atom. The minimum Gasteiger partial charge on any atom is -0.354 e. The summed E-state index contributed by atoms with van der Waals surface area (Å²) in [5.74, 6) is 1.84. The number of hydrogen-bond donors (Lipinski definition) is 2. The number of nitrogens with zero attached hydrogens (tertiary/aromatic N) is 4. The maximum atomic E-state index is 4.62. The predicted octanol–water partition coefficient (Wildman–Crippen LogP) is 2.92. The summed E-state index contributed by atoms with van der Waals surface area (Å²) in [6, 6.07) is 0.520. The van der Waals surface area contributed by atoms with Gasteiger partial charge in [0.1, 0.15) is 0 Å². The summed E-state index contributed by atoms with van der Waals surface area (Å²) in [5, 5.41) is 10.2. The quantitative estimate of drug-likeness (QED) is 0.576. The highest BCUT2D eigenvalue weighted by Gasteiger charge is 2.23. The molecule has 7 heteroatoms. The van der Waals surface area contributed by atoms with Gasteiger partial charge in [-0.2, -0.15) is 0 Å². The SMILES string of the molecule is CN=C(NCc1csc(N(C)C)n1)NC1CCN(CC2CCCCC2)CC1. The number of guanidine groups is 1. The van der Waals surface area contributed by atoms with E-state index in [-0.39, 0.29) is 0 Å². The maximum absolute atomic E-state index is 4.62. The number of aromatic nitrogens is 1. The molecule has 2 N–H and O–H groups in total. The van der Waals surface area contributed by atoms with E-state index in [9.17, 15) is 0 Å². The minimum absolute atomic E-state index is 0.520. The van der Waals surface area contributed by atoms with Crippen LogP contribution in [-0.4, -0.2) is 62.7 Å². The van der Waals surface area contributed by atoms with Crippen molar-refractivity contribution in [3.63, 3.8) is 0 Å². The number of anilines is 1. The molecule has 0 aromatic carbocycles. The third-order valence-corrected chi connectivity index (χ3v) is 6.81. The molecule has 0 unspecified atom stereocenters. The van der Waals surface area contributed by atoms with Crippen molar-refractivity contribution in [2.75, 3.05) is 45.7 Å². The summed E-state index contributed by atoms with van der Waals surface area (Å²) < 4.78 is 0. The molecule has 3 rings (SSSR count). The number of hydrogen-bond acceptors (Lipinski definition) is 5. The second-order valence-electron chi connectivity index (χ2n) is 8.16. The summed E-state index contributed by atoms with van der Waals surface area (Å²) in [6.45, 7) is 4.45. The van der Waals surface area contributed by atoms with Gasteiger partial charge in [-0.15, -0.1) is 11.3 Å². The van der Waals surface area contributed by atoms with Gasteiger partial charge in [0.2, 0.25) is 0 Å². The Bertz CT molecular complexity index is 585. The van der Waals surface area contributed by atoms with Crippen LogP contribution < -0.4 is 15.5 Å². The lowest BCUT2D eigenvalue weighted by atomic mass is 9.88. The van der Waals surface area contributed by atoms with Crippen molar-refractivity contribution in [1.82, 2.24) is 20.5 Å². The summed E-state index contributed by atoms with van der Waals surface area (Å²) in [4.78, 5) is 13.7. The van der Waals surface area contributed by atoms with Crippen LogP contribution >= 0.6 is 11.3 Å². The highest BCUT2D eigenvalue weighted by Crippen LogP contribution is 2.25. The van der Waals surface area contributed by atoms with Gasteiger partial charge in [-0.05, 0) is 31.6 Å². The molecule has 1 aliphatic carbocycles. The molecule has 0 bridgehead atoms. The number of likely N-dealkylation sites (tertiary alicyclic amines) is 1. The van der Waals surface area contributed by atoms with Gasteiger partial charge < -0.3 is 20.4 Å². The van der Waals surface area contributed by atoms with Crippen LogP contribution in [-0.2, 0) is 6.54 Å². The van der Waals surface area contributed by atoms with Crippen LogP contribution in [0.4, 0.5) is 5.13 Å². The van der Waals surface area contributed by atoms with Gasteiger partial charge in [-0.1, -0.05) is 19.3 Å². The fraction of sp³-hybridized carbons (Fsp3) is 0.800. The molecule has 0 amide bonds. The highest BCUT2D eigenvalue weighted by atomic mass is 32.1. The van der Waals surface area contributed by atoms with E-state index in [0.717, 1.165) is 22.7 Å². The number of piperidine rings is 1. The van der Waals surface area contributed by atoms with Crippen molar-refractivity contribution in [3.8, 4) is 0 Å².